The Labute approximate surface area is 213 Å². The molecule has 0 unspecified atom stereocenters. The van der Waals surface area contributed by atoms with Crippen LogP contribution in [0.3, 0.4) is 0 Å². The fraction of sp³-hybridized carbons (Fsp3) is 0.500. The molecule has 2 aromatic heterocycles. The van der Waals surface area contributed by atoms with Crippen LogP contribution in [-0.4, -0.2) is 70.7 Å². The summed E-state index contributed by atoms with van der Waals surface area (Å²) in [6.45, 7) is 7.26. The topological polar surface area (TPSA) is 130 Å². The fourth-order valence-electron chi connectivity index (χ4n) is 3.95. The van der Waals surface area contributed by atoms with Crippen LogP contribution >= 0.6 is 46.5 Å². The van der Waals surface area contributed by atoms with Crippen LogP contribution < -0.4 is 5.32 Å². The van der Waals surface area contributed by atoms with E-state index in [0.717, 1.165) is 9.35 Å². The zero-order chi connectivity index (χ0) is 24.7. The summed E-state index contributed by atoms with van der Waals surface area (Å²) in [6, 6.07) is -1.42. The number of carboxylic acid groups (broad SMARTS) is 1. The zero-order valence-electron chi connectivity index (χ0n) is 18.9. The first kappa shape index (κ1) is 25.0. The minimum absolute atomic E-state index is 0.00893. The van der Waals surface area contributed by atoms with Crippen LogP contribution in [0.1, 0.15) is 35.8 Å². The highest BCUT2D eigenvalue weighted by atomic mass is 35.5. The standard InChI is InChI=1S/C20H23ClN6O4S3/c1-5-12(27-9(3)13(21)8(2)25-27)16(28)22-14-17(29)26-15(19(30)31)11(6-32-18(14)26)7-33-20-24-23-10(4)34-20/h12,14,18H,5-7H2,1-4H3,(H,22,28)(H,30,31)/t12-,14-,18-/m1/s1. The monoisotopic (exact) mass is 542 g/mol. The Bertz CT molecular complexity index is 1200. The van der Waals surface area contributed by atoms with Crippen molar-refractivity contribution in [1.29, 1.82) is 0 Å². The minimum Gasteiger partial charge on any atom is -0.477 e. The second kappa shape index (κ2) is 9.88. The summed E-state index contributed by atoms with van der Waals surface area (Å²) in [5.74, 6) is -1.10. The van der Waals surface area contributed by atoms with E-state index in [2.05, 4.69) is 20.6 Å². The molecule has 14 heteroatoms. The van der Waals surface area contributed by atoms with Gasteiger partial charge in [-0.2, -0.15) is 5.10 Å². The maximum absolute atomic E-state index is 13.1. The lowest BCUT2D eigenvalue weighted by Crippen LogP contribution is -2.71. The Balaban J connectivity index is 1.48. The summed E-state index contributed by atoms with van der Waals surface area (Å²) in [4.78, 5) is 39.4. The maximum atomic E-state index is 13.1. The van der Waals surface area contributed by atoms with Crippen molar-refractivity contribution >= 4 is 64.2 Å². The van der Waals surface area contributed by atoms with E-state index in [1.54, 1.807) is 18.5 Å². The predicted molar refractivity (Wildman–Crippen MR) is 131 cm³/mol. The van der Waals surface area contributed by atoms with Crippen LogP contribution in [0.4, 0.5) is 0 Å². The number of hydrogen-bond donors (Lipinski definition) is 2. The molecule has 0 spiro atoms. The first-order chi connectivity index (χ1) is 16.1. The Hall–Kier alpha value is -2.09. The van der Waals surface area contributed by atoms with E-state index in [9.17, 15) is 19.5 Å². The van der Waals surface area contributed by atoms with E-state index in [-0.39, 0.29) is 11.6 Å². The molecule has 10 nitrogen and oxygen atoms in total. The molecule has 1 fully saturated rings. The Morgan fingerprint density at radius 1 is 1.32 bits per heavy atom. The largest absolute Gasteiger partial charge is 0.477 e. The first-order valence-corrected chi connectivity index (χ1v) is 13.7. The molecule has 0 radical (unpaired) electrons. The number of fused-ring (bicyclic) bond motifs is 1. The van der Waals surface area contributed by atoms with Gasteiger partial charge in [-0.3, -0.25) is 19.2 Å². The molecule has 0 aliphatic carbocycles. The molecule has 4 heterocycles. The van der Waals surface area contributed by atoms with Crippen molar-refractivity contribution in [1.82, 2.24) is 30.2 Å². The molecule has 0 aromatic carbocycles. The number of halogens is 1. The highest BCUT2D eigenvalue weighted by Gasteiger charge is 2.54. The van der Waals surface area contributed by atoms with Crippen molar-refractivity contribution in [3.63, 3.8) is 0 Å². The lowest BCUT2D eigenvalue weighted by atomic mass is 10.0. The van der Waals surface area contributed by atoms with Gasteiger partial charge < -0.3 is 10.4 Å². The molecule has 34 heavy (non-hydrogen) atoms. The van der Waals surface area contributed by atoms with Crippen molar-refractivity contribution < 1.29 is 19.5 Å². The third kappa shape index (κ3) is 4.45. The number of thioether (sulfide) groups is 2. The zero-order valence-corrected chi connectivity index (χ0v) is 22.1. The number of aliphatic carboxylic acids is 1. The van der Waals surface area contributed by atoms with E-state index in [1.165, 1.54) is 39.8 Å². The Morgan fingerprint density at radius 2 is 2.06 bits per heavy atom. The van der Waals surface area contributed by atoms with Crippen LogP contribution in [0.25, 0.3) is 0 Å². The van der Waals surface area contributed by atoms with Gasteiger partial charge in [-0.25, -0.2) is 4.79 Å². The summed E-state index contributed by atoms with van der Waals surface area (Å²) in [5.41, 5.74) is 1.95. The Morgan fingerprint density at radius 3 is 2.62 bits per heavy atom. The normalized spacial score (nSPS) is 20.7. The van der Waals surface area contributed by atoms with Gasteiger partial charge in [0.05, 0.1) is 16.4 Å². The van der Waals surface area contributed by atoms with Gasteiger partial charge in [0.25, 0.3) is 5.91 Å². The molecule has 4 rings (SSSR count). The van der Waals surface area contributed by atoms with Gasteiger partial charge in [-0.15, -0.1) is 22.0 Å². The minimum atomic E-state index is -1.16. The lowest BCUT2D eigenvalue weighted by molar-refractivity contribution is -0.151. The number of hydrogen-bond acceptors (Lipinski definition) is 9. The molecule has 0 saturated carbocycles. The van der Waals surface area contributed by atoms with Gasteiger partial charge in [-0.1, -0.05) is 41.6 Å². The summed E-state index contributed by atoms with van der Waals surface area (Å²) in [6.07, 6.45) is 0.458. The molecule has 3 atom stereocenters. The van der Waals surface area contributed by atoms with E-state index in [1.807, 2.05) is 13.8 Å². The molecule has 0 bridgehead atoms. The van der Waals surface area contributed by atoms with Crippen LogP contribution in [0, 0.1) is 20.8 Å². The number of carbonyl (C=O) groups is 3. The average Bonchev–Trinajstić information content (AvgIpc) is 3.33. The first-order valence-electron chi connectivity index (χ1n) is 10.5. The van der Waals surface area contributed by atoms with Crippen LogP contribution in [-0.2, 0) is 14.4 Å². The quantitative estimate of drug-likeness (QED) is 0.382. The number of carbonyl (C=O) groups excluding carboxylic acids is 2. The number of β-lactam (4-membered cyclic amide) rings is 1. The molecule has 2 aliphatic rings. The number of nitrogens with zero attached hydrogens (tertiary/aromatic N) is 5. The van der Waals surface area contributed by atoms with Gasteiger partial charge in [0.1, 0.15) is 28.2 Å². The van der Waals surface area contributed by atoms with E-state index < -0.39 is 29.3 Å². The molecule has 182 valence electrons. The van der Waals surface area contributed by atoms with E-state index >= 15 is 0 Å². The van der Waals surface area contributed by atoms with Gasteiger partial charge in [-0.05, 0) is 32.8 Å². The van der Waals surface area contributed by atoms with Gasteiger partial charge in [0.15, 0.2) is 4.34 Å². The molecule has 1 saturated heterocycles. The number of aryl methyl sites for hydroxylation is 2. The van der Waals surface area contributed by atoms with Crippen molar-refractivity contribution in [3.8, 4) is 0 Å². The third-order valence-electron chi connectivity index (χ3n) is 5.65. The third-order valence-corrected chi connectivity index (χ3v) is 9.59. The Kier molecular flexibility index (Phi) is 7.27. The number of carboxylic acids is 1. The second-order valence-electron chi connectivity index (χ2n) is 7.88. The second-order valence-corrected chi connectivity index (χ2v) is 11.8. The molecule has 2 amide bonds. The summed E-state index contributed by atoms with van der Waals surface area (Å²) < 4.78 is 2.33. The van der Waals surface area contributed by atoms with Crippen molar-refractivity contribution in [3.05, 3.63) is 32.7 Å². The van der Waals surface area contributed by atoms with Crippen molar-refractivity contribution in [2.24, 2.45) is 0 Å². The lowest BCUT2D eigenvalue weighted by Gasteiger charge is -2.49. The molecular weight excluding hydrogens is 520 g/mol. The SMILES string of the molecule is CC[C@H](C(=O)N[C@@H]1C(=O)N2C(C(=O)O)=C(CSc3nnc(C)s3)CS[C@H]12)n1nc(C)c(Cl)c1C. The highest BCUT2D eigenvalue weighted by molar-refractivity contribution is 8.01. The molecular formula is C20H23ClN6O4S3. The molecule has 2 aromatic rings. The summed E-state index contributed by atoms with van der Waals surface area (Å²) in [7, 11) is 0. The summed E-state index contributed by atoms with van der Waals surface area (Å²) in [5, 5.41) is 25.9. The predicted octanol–water partition coefficient (Wildman–Crippen LogP) is 2.80. The fourth-order valence-corrected chi connectivity index (χ4v) is 7.37. The van der Waals surface area contributed by atoms with Crippen LogP contribution in [0.15, 0.2) is 15.6 Å². The average molecular weight is 543 g/mol. The van der Waals surface area contributed by atoms with Gasteiger partial charge >= 0.3 is 5.97 Å². The van der Waals surface area contributed by atoms with Gasteiger partial charge in [0, 0.05) is 11.5 Å². The van der Waals surface area contributed by atoms with E-state index in [4.69, 9.17) is 11.6 Å². The molecule has 2 aliphatic heterocycles. The maximum Gasteiger partial charge on any atom is 0.352 e. The van der Waals surface area contributed by atoms with Crippen LogP contribution in [0.5, 0.6) is 0 Å². The smallest absolute Gasteiger partial charge is 0.352 e. The van der Waals surface area contributed by atoms with Crippen molar-refractivity contribution in [2.45, 2.75) is 55.9 Å². The number of aromatic nitrogens is 4. The van der Waals surface area contributed by atoms with E-state index in [0.29, 0.717) is 39.9 Å². The van der Waals surface area contributed by atoms with Gasteiger partial charge in [0.2, 0.25) is 5.91 Å². The number of amides is 2. The number of nitrogens with one attached hydrogen (secondary N) is 1. The summed E-state index contributed by atoms with van der Waals surface area (Å²) >= 11 is 10.5. The van der Waals surface area contributed by atoms with Crippen molar-refractivity contribution in [2.75, 3.05) is 11.5 Å². The highest BCUT2D eigenvalue weighted by Crippen LogP contribution is 2.42. The number of rotatable bonds is 8. The van der Waals surface area contributed by atoms with Crippen LogP contribution in [0.2, 0.25) is 5.02 Å². The molecule has 2 N–H and O–H groups in total.